The zero-order valence-electron chi connectivity index (χ0n) is 11.8. The van der Waals surface area contributed by atoms with E-state index in [2.05, 4.69) is 49.9 Å². The van der Waals surface area contributed by atoms with Crippen LogP contribution in [0.2, 0.25) is 0 Å². The van der Waals surface area contributed by atoms with Gasteiger partial charge in [0.25, 0.3) is 0 Å². The second kappa shape index (κ2) is 5.79. The number of hydrogen-bond acceptors (Lipinski definition) is 5. The van der Waals surface area contributed by atoms with Crippen molar-refractivity contribution < 1.29 is 0 Å². The topological polar surface area (TPSA) is 58.9 Å². The molecule has 19 heavy (non-hydrogen) atoms. The van der Waals surface area contributed by atoms with E-state index in [1.165, 1.54) is 16.0 Å². The zero-order valence-corrected chi connectivity index (χ0v) is 11.8. The van der Waals surface area contributed by atoms with Crippen molar-refractivity contribution in [2.45, 2.75) is 5.92 Å². The highest BCUT2D eigenvalue weighted by Crippen LogP contribution is 2.23. The van der Waals surface area contributed by atoms with Crippen molar-refractivity contribution in [1.29, 1.82) is 0 Å². The average molecular weight is 260 g/mol. The summed E-state index contributed by atoms with van der Waals surface area (Å²) in [5.74, 6) is 0.865. The summed E-state index contributed by atoms with van der Waals surface area (Å²) in [6.07, 6.45) is 0. The van der Waals surface area contributed by atoms with Crippen LogP contribution in [-0.4, -0.2) is 47.9 Å². The smallest absolute Gasteiger partial charge is 0.183 e. The number of tetrazole rings is 1. The number of likely N-dealkylation sites (N-methyl/N-ethyl adjacent to an activating group) is 1. The van der Waals surface area contributed by atoms with Gasteiger partial charge in [0.1, 0.15) is 0 Å². The molecule has 0 radical (unpaired) electrons. The Balaban J connectivity index is 2.28. The summed E-state index contributed by atoms with van der Waals surface area (Å²) in [5.41, 5.74) is 2.37. The zero-order chi connectivity index (χ0) is 13.8. The minimum absolute atomic E-state index is 0.120. The van der Waals surface area contributed by atoms with E-state index in [0.29, 0.717) is 0 Å². The van der Waals surface area contributed by atoms with E-state index in [1.807, 2.05) is 21.1 Å². The summed E-state index contributed by atoms with van der Waals surface area (Å²) >= 11 is 0. The Morgan fingerprint density at radius 1 is 1.26 bits per heavy atom. The summed E-state index contributed by atoms with van der Waals surface area (Å²) < 4.78 is 0. The summed E-state index contributed by atoms with van der Waals surface area (Å²) in [5, 5.41) is 15.5. The van der Waals surface area contributed by atoms with Gasteiger partial charge in [-0.3, -0.25) is 0 Å². The molecule has 0 bridgehead atoms. The van der Waals surface area contributed by atoms with Crippen LogP contribution in [0.5, 0.6) is 0 Å². The molecule has 0 aliphatic heterocycles. The van der Waals surface area contributed by atoms with E-state index >= 15 is 0 Å². The van der Waals surface area contributed by atoms with Gasteiger partial charge in [0, 0.05) is 26.3 Å². The van der Waals surface area contributed by atoms with Gasteiger partial charge in [-0.15, -0.1) is 10.2 Å². The molecule has 1 atom stereocenters. The molecule has 0 saturated carbocycles. The molecule has 6 nitrogen and oxygen atoms in total. The fourth-order valence-corrected chi connectivity index (χ4v) is 2.01. The molecule has 0 aliphatic rings. The standard InChI is InChI=1S/C13H20N6/c1-14-9-12(13-15-17-19(4)16-13)10-5-7-11(8-6-10)18(2)3/h5-8,12,14H,9H2,1-4H3. The Bertz CT molecular complexity index is 516. The third-order valence-electron chi connectivity index (χ3n) is 3.06. The minimum Gasteiger partial charge on any atom is -0.378 e. The third-order valence-corrected chi connectivity index (χ3v) is 3.06. The lowest BCUT2D eigenvalue weighted by molar-refractivity contribution is 0.619. The van der Waals surface area contributed by atoms with Crippen molar-refractivity contribution in [3.8, 4) is 0 Å². The monoisotopic (exact) mass is 260 g/mol. The number of aryl methyl sites for hydroxylation is 1. The second-order valence-electron chi connectivity index (χ2n) is 4.73. The molecule has 2 aromatic rings. The maximum atomic E-state index is 4.31. The largest absolute Gasteiger partial charge is 0.378 e. The molecule has 2 rings (SSSR count). The van der Waals surface area contributed by atoms with Crippen LogP contribution in [0.4, 0.5) is 5.69 Å². The molecule has 102 valence electrons. The van der Waals surface area contributed by atoms with Gasteiger partial charge in [0.2, 0.25) is 0 Å². The molecule has 1 aromatic heterocycles. The van der Waals surface area contributed by atoms with E-state index in [-0.39, 0.29) is 5.92 Å². The number of hydrogen-bond donors (Lipinski definition) is 1. The molecule has 0 aliphatic carbocycles. The molecule has 0 saturated heterocycles. The van der Waals surface area contributed by atoms with Crippen LogP contribution in [0, 0.1) is 0 Å². The summed E-state index contributed by atoms with van der Waals surface area (Å²) in [6, 6.07) is 8.45. The van der Waals surface area contributed by atoms with E-state index in [4.69, 9.17) is 0 Å². The fourth-order valence-electron chi connectivity index (χ4n) is 2.01. The molecule has 6 heteroatoms. The lowest BCUT2D eigenvalue weighted by atomic mass is 9.98. The number of nitrogens with one attached hydrogen (secondary N) is 1. The normalized spacial score (nSPS) is 12.4. The van der Waals surface area contributed by atoms with E-state index in [1.54, 1.807) is 7.05 Å². The van der Waals surface area contributed by atoms with Gasteiger partial charge in [0.15, 0.2) is 5.82 Å². The maximum absolute atomic E-state index is 4.31. The van der Waals surface area contributed by atoms with Gasteiger partial charge in [-0.25, -0.2) is 0 Å². The molecule has 1 aromatic carbocycles. The van der Waals surface area contributed by atoms with Crippen LogP contribution < -0.4 is 10.2 Å². The lowest BCUT2D eigenvalue weighted by Gasteiger charge is -2.16. The highest BCUT2D eigenvalue weighted by molar-refractivity contribution is 5.47. The van der Waals surface area contributed by atoms with Crippen molar-refractivity contribution in [3.63, 3.8) is 0 Å². The summed E-state index contributed by atoms with van der Waals surface area (Å²) in [4.78, 5) is 3.57. The maximum Gasteiger partial charge on any atom is 0.183 e. The molecule has 0 spiro atoms. The van der Waals surface area contributed by atoms with Crippen LogP contribution in [0.1, 0.15) is 17.3 Å². The van der Waals surface area contributed by atoms with Crippen molar-refractivity contribution >= 4 is 5.69 Å². The minimum atomic E-state index is 0.120. The number of nitrogens with zero attached hydrogens (tertiary/aromatic N) is 5. The molecule has 0 amide bonds. The van der Waals surface area contributed by atoms with Crippen LogP contribution in [0.25, 0.3) is 0 Å². The lowest BCUT2D eigenvalue weighted by Crippen LogP contribution is -2.19. The van der Waals surface area contributed by atoms with Gasteiger partial charge in [0.05, 0.1) is 13.0 Å². The molecule has 1 unspecified atom stereocenters. The van der Waals surface area contributed by atoms with Gasteiger partial charge in [-0.2, -0.15) is 4.80 Å². The fraction of sp³-hybridized carbons (Fsp3) is 0.462. The van der Waals surface area contributed by atoms with Crippen molar-refractivity contribution in [2.75, 3.05) is 32.6 Å². The van der Waals surface area contributed by atoms with Gasteiger partial charge in [-0.05, 0) is 30.0 Å². The SMILES string of the molecule is CNCC(c1ccc(N(C)C)cc1)c1nnn(C)n1. The highest BCUT2D eigenvalue weighted by Gasteiger charge is 2.18. The van der Waals surface area contributed by atoms with Crippen molar-refractivity contribution in [1.82, 2.24) is 25.5 Å². The van der Waals surface area contributed by atoms with E-state index in [9.17, 15) is 0 Å². The van der Waals surface area contributed by atoms with Crippen molar-refractivity contribution in [2.24, 2.45) is 7.05 Å². The van der Waals surface area contributed by atoms with Crippen LogP contribution >= 0.6 is 0 Å². The molecule has 1 N–H and O–H groups in total. The molecule has 1 heterocycles. The van der Waals surface area contributed by atoms with Crippen molar-refractivity contribution in [3.05, 3.63) is 35.7 Å². The Morgan fingerprint density at radius 2 is 1.95 bits per heavy atom. The number of aromatic nitrogens is 4. The Hall–Kier alpha value is -1.95. The van der Waals surface area contributed by atoms with Gasteiger partial charge in [-0.1, -0.05) is 12.1 Å². The Labute approximate surface area is 113 Å². The number of anilines is 1. The first-order chi connectivity index (χ1) is 9.11. The quantitative estimate of drug-likeness (QED) is 0.854. The highest BCUT2D eigenvalue weighted by atomic mass is 15.6. The Morgan fingerprint density at radius 3 is 2.42 bits per heavy atom. The van der Waals surface area contributed by atoms with Crippen LogP contribution in [-0.2, 0) is 7.05 Å². The molecular weight excluding hydrogens is 240 g/mol. The first-order valence-corrected chi connectivity index (χ1v) is 6.27. The average Bonchev–Trinajstić information content (AvgIpc) is 2.82. The first-order valence-electron chi connectivity index (χ1n) is 6.27. The van der Waals surface area contributed by atoms with Gasteiger partial charge >= 0.3 is 0 Å². The van der Waals surface area contributed by atoms with Crippen LogP contribution in [0.15, 0.2) is 24.3 Å². The van der Waals surface area contributed by atoms with Crippen LogP contribution in [0.3, 0.4) is 0 Å². The second-order valence-corrected chi connectivity index (χ2v) is 4.73. The summed E-state index contributed by atoms with van der Waals surface area (Å²) in [6.45, 7) is 0.785. The molecular formula is C13H20N6. The summed E-state index contributed by atoms with van der Waals surface area (Å²) in [7, 11) is 7.77. The predicted octanol–water partition coefficient (Wildman–Crippen LogP) is 0.627. The Kier molecular flexibility index (Phi) is 4.11. The van der Waals surface area contributed by atoms with E-state index in [0.717, 1.165) is 12.4 Å². The predicted molar refractivity (Wildman–Crippen MR) is 75.3 cm³/mol. The first kappa shape index (κ1) is 13.5. The molecule has 0 fully saturated rings. The van der Waals surface area contributed by atoms with Gasteiger partial charge < -0.3 is 10.2 Å². The van der Waals surface area contributed by atoms with E-state index < -0.39 is 0 Å². The third kappa shape index (κ3) is 3.08. The number of rotatable bonds is 5. The number of benzene rings is 1.